The van der Waals surface area contributed by atoms with Crippen molar-refractivity contribution in [3.63, 3.8) is 0 Å². The Morgan fingerprint density at radius 1 is 1.33 bits per heavy atom. The lowest BCUT2D eigenvalue weighted by atomic mass is 10.1. The highest BCUT2D eigenvalue weighted by Crippen LogP contribution is 2.27. The number of aryl methyl sites for hydroxylation is 2. The van der Waals surface area contributed by atoms with Crippen LogP contribution in [0.2, 0.25) is 5.02 Å². The Labute approximate surface area is 96.4 Å². The van der Waals surface area contributed by atoms with E-state index in [9.17, 15) is 0 Å². The van der Waals surface area contributed by atoms with Crippen LogP contribution in [-0.4, -0.2) is 13.7 Å². The van der Waals surface area contributed by atoms with Gasteiger partial charge in [-0.05, 0) is 56.0 Å². The molecule has 1 aromatic rings. The first-order chi connectivity index (χ1) is 7.19. The van der Waals surface area contributed by atoms with Gasteiger partial charge in [0.2, 0.25) is 0 Å². The minimum Gasteiger partial charge on any atom is -0.496 e. The van der Waals surface area contributed by atoms with Crippen LogP contribution in [0, 0.1) is 6.92 Å². The molecule has 0 aliphatic heterocycles. The van der Waals surface area contributed by atoms with E-state index < -0.39 is 0 Å². The topological polar surface area (TPSA) is 35.2 Å². The highest BCUT2D eigenvalue weighted by Gasteiger charge is 2.05. The number of hydrogen-bond acceptors (Lipinski definition) is 2. The number of hydrogen-bond donors (Lipinski definition) is 1. The lowest BCUT2D eigenvalue weighted by Gasteiger charge is -2.09. The van der Waals surface area contributed by atoms with Crippen LogP contribution in [0.4, 0.5) is 0 Å². The van der Waals surface area contributed by atoms with Crippen LogP contribution in [0.15, 0.2) is 12.1 Å². The number of methoxy groups -OCH3 is 1. The van der Waals surface area contributed by atoms with Crippen molar-refractivity contribution in [2.75, 3.05) is 13.7 Å². The Morgan fingerprint density at radius 3 is 2.67 bits per heavy atom. The first kappa shape index (κ1) is 12.3. The SMILES string of the molecule is COc1cc(CCCCN)c(Cl)cc1C. The lowest BCUT2D eigenvalue weighted by Crippen LogP contribution is -1.99. The molecule has 0 radical (unpaired) electrons. The minimum atomic E-state index is 0.737. The fraction of sp³-hybridized carbons (Fsp3) is 0.500. The molecule has 2 nitrogen and oxygen atoms in total. The van der Waals surface area contributed by atoms with Gasteiger partial charge in [-0.2, -0.15) is 0 Å². The maximum Gasteiger partial charge on any atom is 0.122 e. The highest BCUT2D eigenvalue weighted by atomic mass is 35.5. The van der Waals surface area contributed by atoms with Gasteiger partial charge in [0.25, 0.3) is 0 Å². The van der Waals surface area contributed by atoms with Crippen LogP contribution in [0.3, 0.4) is 0 Å². The third-order valence-electron chi connectivity index (χ3n) is 2.46. The number of nitrogens with two attached hydrogens (primary N) is 1. The summed E-state index contributed by atoms with van der Waals surface area (Å²) >= 11 is 6.15. The van der Waals surface area contributed by atoms with Gasteiger partial charge in [0.1, 0.15) is 5.75 Å². The van der Waals surface area contributed by atoms with Gasteiger partial charge in [-0.15, -0.1) is 0 Å². The minimum absolute atomic E-state index is 0.737. The molecular weight excluding hydrogens is 210 g/mol. The van der Waals surface area contributed by atoms with Crippen molar-refractivity contribution in [2.24, 2.45) is 5.73 Å². The Morgan fingerprint density at radius 2 is 2.07 bits per heavy atom. The van der Waals surface area contributed by atoms with E-state index in [2.05, 4.69) is 0 Å². The van der Waals surface area contributed by atoms with Gasteiger partial charge in [-0.1, -0.05) is 11.6 Å². The standard InChI is InChI=1S/C12H18ClNO/c1-9-7-11(13)10(5-3-4-6-14)8-12(9)15-2/h7-8H,3-6,14H2,1-2H3. The van der Waals surface area contributed by atoms with Crippen molar-refractivity contribution in [1.29, 1.82) is 0 Å². The maximum absolute atomic E-state index is 6.15. The van der Waals surface area contributed by atoms with Crippen molar-refractivity contribution in [3.8, 4) is 5.75 Å². The molecule has 0 fully saturated rings. The number of ether oxygens (including phenoxy) is 1. The van der Waals surface area contributed by atoms with Gasteiger partial charge in [0.15, 0.2) is 0 Å². The lowest BCUT2D eigenvalue weighted by molar-refractivity contribution is 0.411. The average Bonchev–Trinajstić information content (AvgIpc) is 2.21. The van der Waals surface area contributed by atoms with Crippen LogP contribution in [-0.2, 0) is 6.42 Å². The van der Waals surface area contributed by atoms with E-state index in [1.54, 1.807) is 7.11 Å². The first-order valence-electron chi connectivity index (χ1n) is 5.22. The van der Waals surface area contributed by atoms with Gasteiger partial charge in [0, 0.05) is 5.02 Å². The molecule has 0 aliphatic carbocycles. The average molecular weight is 228 g/mol. The summed E-state index contributed by atoms with van der Waals surface area (Å²) in [6, 6.07) is 3.98. The Hall–Kier alpha value is -0.730. The number of rotatable bonds is 5. The summed E-state index contributed by atoms with van der Waals surface area (Å²) in [5.74, 6) is 0.905. The van der Waals surface area contributed by atoms with Crippen LogP contribution >= 0.6 is 11.6 Å². The molecule has 15 heavy (non-hydrogen) atoms. The molecule has 0 aromatic heterocycles. The molecule has 3 heteroatoms. The van der Waals surface area contributed by atoms with Gasteiger partial charge in [-0.3, -0.25) is 0 Å². The summed E-state index contributed by atoms with van der Waals surface area (Å²) in [6.07, 6.45) is 3.07. The molecule has 84 valence electrons. The van der Waals surface area contributed by atoms with Crippen molar-refractivity contribution >= 4 is 11.6 Å². The van der Waals surface area contributed by atoms with Gasteiger partial charge in [0.05, 0.1) is 7.11 Å². The molecule has 2 N–H and O–H groups in total. The summed E-state index contributed by atoms with van der Waals surface area (Å²) in [6.45, 7) is 2.73. The van der Waals surface area contributed by atoms with E-state index in [0.717, 1.165) is 47.7 Å². The molecule has 0 atom stereocenters. The molecule has 0 aliphatic rings. The van der Waals surface area contributed by atoms with E-state index in [1.165, 1.54) is 0 Å². The van der Waals surface area contributed by atoms with E-state index in [1.807, 2.05) is 19.1 Å². The molecule has 1 aromatic carbocycles. The second-order valence-corrected chi connectivity index (χ2v) is 4.07. The summed E-state index contributed by atoms with van der Waals surface area (Å²) in [5, 5.41) is 0.824. The van der Waals surface area contributed by atoms with Gasteiger partial charge < -0.3 is 10.5 Å². The molecule has 0 saturated carbocycles. The van der Waals surface area contributed by atoms with Crippen LogP contribution < -0.4 is 10.5 Å². The number of benzene rings is 1. The van der Waals surface area contributed by atoms with E-state index >= 15 is 0 Å². The molecule has 1 rings (SSSR count). The molecule has 0 unspecified atom stereocenters. The molecule has 0 amide bonds. The molecule has 0 saturated heterocycles. The zero-order valence-electron chi connectivity index (χ0n) is 9.35. The first-order valence-corrected chi connectivity index (χ1v) is 5.60. The predicted octanol–water partition coefficient (Wildman–Crippen LogP) is 2.94. The largest absolute Gasteiger partial charge is 0.496 e. The predicted molar refractivity (Wildman–Crippen MR) is 64.7 cm³/mol. The summed E-state index contributed by atoms with van der Waals surface area (Å²) in [4.78, 5) is 0. The van der Waals surface area contributed by atoms with Crippen molar-refractivity contribution in [2.45, 2.75) is 26.2 Å². The van der Waals surface area contributed by atoms with Crippen LogP contribution in [0.25, 0.3) is 0 Å². The Kier molecular flexibility index (Phi) is 4.92. The normalized spacial score (nSPS) is 10.4. The Balaban J connectivity index is 2.78. The smallest absolute Gasteiger partial charge is 0.122 e. The quantitative estimate of drug-likeness (QED) is 0.785. The second kappa shape index (κ2) is 5.99. The van der Waals surface area contributed by atoms with Crippen molar-refractivity contribution < 1.29 is 4.74 Å². The van der Waals surface area contributed by atoms with Crippen LogP contribution in [0.1, 0.15) is 24.0 Å². The van der Waals surface area contributed by atoms with E-state index in [0.29, 0.717) is 0 Å². The fourth-order valence-corrected chi connectivity index (χ4v) is 1.88. The zero-order chi connectivity index (χ0) is 11.3. The van der Waals surface area contributed by atoms with E-state index in [4.69, 9.17) is 22.1 Å². The molecule has 0 bridgehead atoms. The Bertz CT molecular complexity index is 326. The van der Waals surface area contributed by atoms with Gasteiger partial charge >= 0.3 is 0 Å². The van der Waals surface area contributed by atoms with Crippen LogP contribution in [0.5, 0.6) is 5.75 Å². The third kappa shape index (κ3) is 3.40. The maximum atomic E-state index is 6.15. The van der Waals surface area contributed by atoms with Gasteiger partial charge in [-0.25, -0.2) is 0 Å². The number of halogens is 1. The van der Waals surface area contributed by atoms with E-state index in [-0.39, 0.29) is 0 Å². The molecular formula is C12H18ClNO. The monoisotopic (exact) mass is 227 g/mol. The number of unbranched alkanes of at least 4 members (excludes halogenated alkanes) is 1. The fourth-order valence-electron chi connectivity index (χ4n) is 1.57. The summed E-state index contributed by atoms with van der Waals surface area (Å²) < 4.78 is 5.26. The zero-order valence-corrected chi connectivity index (χ0v) is 10.1. The summed E-state index contributed by atoms with van der Waals surface area (Å²) in [5.41, 5.74) is 7.67. The third-order valence-corrected chi connectivity index (χ3v) is 2.82. The van der Waals surface area contributed by atoms with Crippen molar-refractivity contribution in [1.82, 2.24) is 0 Å². The molecule has 0 heterocycles. The highest BCUT2D eigenvalue weighted by molar-refractivity contribution is 6.31. The summed E-state index contributed by atoms with van der Waals surface area (Å²) in [7, 11) is 1.68. The molecule has 0 spiro atoms. The second-order valence-electron chi connectivity index (χ2n) is 3.66. The van der Waals surface area contributed by atoms with Crippen molar-refractivity contribution in [3.05, 3.63) is 28.3 Å².